The number of carboxylic acids is 1. The van der Waals surface area contributed by atoms with Crippen molar-refractivity contribution in [2.75, 3.05) is 20.6 Å². The van der Waals surface area contributed by atoms with Crippen LogP contribution < -0.4 is 10.9 Å². The highest BCUT2D eigenvalue weighted by atomic mass is 19.4. The summed E-state index contributed by atoms with van der Waals surface area (Å²) in [7, 11) is 3.80. The predicted molar refractivity (Wildman–Crippen MR) is 166 cm³/mol. The molecule has 0 aliphatic rings. The van der Waals surface area contributed by atoms with Crippen molar-refractivity contribution in [3.8, 4) is 11.1 Å². The van der Waals surface area contributed by atoms with Crippen molar-refractivity contribution in [3.63, 3.8) is 0 Å². The molecule has 2 unspecified atom stereocenters. The summed E-state index contributed by atoms with van der Waals surface area (Å²) in [5, 5.41) is 12.2. The summed E-state index contributed by atoms with van der Waals surface area (Å²) in [6.45, 7) is 9.40. The minimum atomic E-state index is -5.10. The first-order valence-electron chi connectivity index (χ1n) is 14.8. The lowest BCUT2D eigenvalue weighted by molar-refractivity contribution is -0.140. The molecule has 0 spiro atoms. The molecule has 2 atom stereocenters. The standard InChI is InChI=1S/C34H41F4N3O4/c1-19(2)13-28(41-18-23(11-12-40(6)7)14-22(5)33(41)45)32(44)39-27(17-29(42)43)25-15-24(16-26(31(25)35)34(36,37)38)30-20(3)9-8-10-21(30)4/h8-10,14-16,18-19,27-28H,11-13,17H2,1-7H3,(H,39,44)(H,42,43). The van der Waals surface area contributed by atoms with Gasteiger partial charge in [0.25, 0.3) is 5.56 Å². The molecule has 0 saturated carbocycles. The fourth-order valence-electron chi connectivity index (χ4n) is 5.53. The van der Waals surface area contributed by atoms with Gasteiger partial charge in [0, 0.05) is 23.9 Å². The lowest BCUT2D eigenvalue weighted by Crippen LogP contribution is -2.41. The Hall–Kier alpha value is -3.99. The molecule has 0 saturated heterocycles. The number of nitrogens with zero attached hydrogens (tertiary/aromatic N) is 2. The second-order valence-electron chi connectivity index (χ2n) is 12.3. The number of aryl methyl sites for hydroxylation is 3. The molecule has 1 aromatic heterocycles. The highest BCUT2D eigenvalue weighted by Crippen LogP contribution is 2.40. The third-order valence-corrected chi connectivity index (χ3v) is 7.71. The van der Waals surface area contributed by atoms with E-state index >= 15 is 4.39 Å². The number of halogens is 4. The molecule has 0 aliphatic heterocycles. The number of carbonyl (C=O) groups is 2. The Kier molecular flexibility index (Phi) is 11.4. The third kappa shape index (κ3) is 8.81. The molecule has 0 aliphatic carbocycles. The van der Waals surface area contributed by atoms with Crippen molar-refractivity contribution in [2.45, 2.75) is 72.1 Å². The Labute approximate surface area is 260 Å². The van der Waals surface area contributed by atoms with Gasteiger partial charge in [-0.3, -0.25) is 14.4 Å². The van der Waals surface area contributed by atoms with Crippen LogP contribution in [0.25, 0.3) is 11.1 Å². The van der Waals surface area contributed by atoms with E-state index in [0.29, 0.717) is 41.3 Å². The molecule has 1 amide bonds. The number of alkyl halides is 3. The van der Waals surface area contributed by atoms with Gasteiger partial charge in [-0.1, -0.05) is 32.0 Å². The molecular weight excluding hydrogens is 590 g/mol. The fraction of sp³-hybridized carbons (Fsp3) is 0.441. The minimum absolute atomic E-state index is 0.0399. The zero-order valence-corrected chi connectivity index (χ0v) is 26.7. The number of nitrogens with one attached hydrogen (secondary N) is 1. The largest absolute Gasteiger partial charge is 0.481 e. The quantitative estimate of drug-likeness (QED) is 0.219. The smallest absolute Gasteiger partial charge is 0.419 e. The number of hydrogen-bond donors (Lipinski definition) is 2. The van der Waals surface area contributed by atoms with E-state index in [4.69, 9.17) is 0 Å². The average Bonchev–Trinajstić information content (AvgIpc) is 2.91. The van der Waals surface area contributed by atoms with Gasteiger partial charge in [-0.25, -0.2) is 4.39 Å². The number of aromatic nitrogens is 1. The SMILES string of the molecule is Cc1cccc(C)c1-c1cc(C(CC(=O)O)NC(=O)C(CC(C)C)n2cc(CCN(C)C)cc(C)c2=O)c(F)c(C(F)(F)F)c1. The van der Waals surface area contributed by atoms with Crippen LogP contribution in [0.2, 0.25) is 0 Å². The summed E-state index contributed by atoms with van der Waals surface area (Å²) >= 11 is 0. The molecule has 2 aromatic carbocycles. The summed E-state index contributed by atoms with van der Waals surface area (Å²) < 4.78 is 59.5. The maximum atomic E-state index is 15.7. The molecule has 11 heteroatoms. The molecule has 3 aromatic rings. The number of rotatable bonds is 12. The molecule has 244 valence electrons. The summed E-state index contributed by atoms with van der Waals surface area (Å²) in [5.74, 6) is -4.02. The van der Waals surface area contributed by atoms with Crippen LogP contribution in [0.1, 0.15) is 72.2 Å². The van der Waals surface area contributed by atoms with E-state index in [1.54, 1.807) is 51.2 Å². The molecule has 3 rings (SSSR count). The van der Waals surface area contributed by atoms with Gasteiger partial charge in [-0.05, 0) is 99.6 Å². The summed E-state index contributed by atoms with van der Waals surface area (Å²) in [6.07, 6.45) is -3.65. The highest BCUT2D eigenvalue weighted by molar-refractivity contribution is 5.82. The van der Waals surface area contributed by atoms with Crippen molar-refractivity contribution in [3.05, 3.63) is 92.1 Å². The Morgan fingerprint density at radius 1 is 1.02 bits per heavy atom. The number of benzene rings is 2. The van der Waals surface area contributed by atoms with E-state index in [2.05, 4.69) is 5.32 Å². The molecule has 0 bridgehead atoms. The van der Waals surface area contributed by atoms with Crippen LogP contribution in [0.4, 0.5) is 17.6 Å². The molecular formula is C34H41F4N3O4. The molecule has 45 heavy (non-hydrogen) atoms. The monoisotopic (exact) mass is 631 g/mol. The Balaban J connectivity index is 2.19. The summed E-state index contributed by atoms with van der Waals surface area (Å²) in [5.41, 5.74) is 0.356. The number of carbonyl (C=O) groups excluding carboxylic acids is 1. The van der Waals surface area contributed by atoms with E-state index in [0.717, 1.165) is 5.56 Å². The summed E-state index contributed by atoms with van der Waals surface area (Å²) in [6, 6.07) is 5.98. The number of amides is 1. The number of pyridine rings is 1. The van der Waals surface area contributed by atoms with Gasteiger partial charge in [0.1, 0.15) is 11.9 Å². The van der Waals surface area contributed by atoms with E-state index in [9.17, 15) is 32.7 Å². The predicted octanol–water partition coefficient (Wildman–Crippen LogP) is 6.62. The second-order valence-corrected chi connectivity index (χ2v) is 12.3. The molecule has 0 radical (unpaired) electrons. The van der Waals surface area contributed by atoms with Crippen LogP contribution in [-0.2, 0) is 22.2 Å². The zero-order chi connectivity index (χ0) is 33.8. The lowest BCUT2D eigenvalue weighted by atomic mass is 9.90. The maximum absolute atomic E-state index is 15.7. The van der Waals surface area contributed by atoms with Gasteiger partial charge >= 0.3 is 12.1 Å². The first-order chi connectivity index (χ1) is 20.9. The van der Waals surface area contributed by atoms with Crippen LogP contribution in [-0.4, -0.2) is 47.1 Å². The summed E-state index contributed by atoms with van der Waals surface area (Å²) in [4.78, 5) is 41.1. The normalized spacial score (nSPS) is 13.3. The fourth-order valence-corrected chi connectivity index (χ4v) is 5.53. The van der Waals surface area contributed by atoms with E-state index in [-0.39, 0.29) is 17.9 Å². The first kappa shape index (κ1) is 35.5. The van der Waals surface area contributed by atoms with Crippen molar-refractivity contribution in [2.24, 2.45) is 5.92 Å². The van der Waals surface area contributed by atoms with E-state index < -0.39 is 59.1 Å². The van der Waals surface area contributed by atoms with Crippen LogP contribution in [0.5, 0.6) is 0 Å². The van der Waals surface area contributed by atoms with Crippen molar-refractivity contribution in [1.29, 1.82) is 0 Å². The van der Waals surface area contributed by atoms with Gasteiger partial charge < -0.3 is 19.9 Å². The molecule has 0 fully saturated rings. The van der Waals surface area contributed by atoms with Crippen LogP contribution in [0.15, 0.2) is 47.4 Å². The highest BCUT2D eigenvalue weighted by Gasteiger charge is 2.38. The van der Waals surface area contributed by atoms with E-state index in [1.807, 2.05) is 32.8 Å². The van der Waals surface area contributed by atoms with Crippen molar-refractivity contribution < 1.29 is 32.3 Å². The van der Waals surface area contributed by atoms with Crippen LogP contribution in [0.3, 0.4) is 0 Å². The molecule has 1 heterocycles. The molecule has 7 nitrogen and oxygen atoms in total. The lowest BCUT2D eigenvalue weighted by Gasteiger charge is -2.27. The molecule has 2 N–H and O–H groups in total. The third-order valence-electron chi connectivity index (χ3n) is 7.71. The topological polar surface area (TPSA) is 91.6 Å². The Bertz CT molecular complexity index is 1590. The second kappa shape index (κ2) is 14.4. The number of hydrogen-bond acceptors (Lipinski definition) is 4. The van der Waals surface area contributed by atoms with Gasteiger partial charge in [0.2, 0.25) is 5.91 Å². The average molecular weight is 632 g/mol. The maximum Gasteiger partial charge on any atom is 0.419 e. The Morgan fingerprint density at radius 2 is 1.64 bits per heavy atom. The first-order valence-corrected chi connectivity index (χ1v) is 14.8. The van der Waals surface area contributed by atoms with Gasteiger partial charge in [-0.15, -0.1) is 0 Å². The van der Waals surface area contributed by atoms with E-state index in [1.165, 1.54) is 10.6 Å². The van der Waals surface area contributed by atoms with Crippen molar-refractivity contribution in [1.82, 2.24) is 14.8 Å². The number of aliphatic carboxylic acids is 1. The number of likely N-dealkylation sites (N-methyl/N-ethyl adjacent to an activating group) is 1. The Morgan fingerprint density at radius 3 is 2.18 bits per heavy atom. The van der Waals surface area contributed by atoms with Gasteiger partial charge in [-0.2, -0.15) is 13.2 Å². The van der Waals surface area contributed by atoms with Crippen LogP contribution in [0, 0.1) is 32.5 Å². The minimum Gasteiger partial charge on any atom is -0.481 e. The van der Waals surface area contributed by atoms with Crippen LogP contribution >= 0.6 is 0 Å². The zero-order valence-electron chi connectivity index (χ0n) is 26.7. The van der Waals surface area contributed by atoms with Gasteiger partial charge in [0.05, 0.1) is 18.0 Å². The van der Waals surface area contributed by atoms with Crippen molar-refractivity contribution >= 4 is 11.9 Å². The number of carboxylic acid groups (broad SMARTS) is 1. The van der Waals surface area contributed by atoms with Gasteiger partial charge in [0.15, 0.2) is 0 Å².